The lowest BCUT2D eigenvalue weighted by Gasteiger charge is -2.11. The zero-order valence-electron chi connectivity index (χ0n) is 12.9. The second-order valence-corrected chi connectivity index (χ2v) is 5.81. The normalized spacial score (nSPS) is 12.2. The van der Waals surface area contributed by atoms with E-state index in [1.807, 2.05) is 0 Å². The Hall–Kier alpha value is -2.61. The van der Waals surface area contributed by atoms with E-state index in [0.29, 0.717) is 0 Å². The third kappa shape index (κ3) is 4.18. The van der Waals surface area contributed by atoms with E-state index in [9.17, 15) is 18.5 Å². The minimum Gasteiger partial charge on any atom is -0.455 e. The van der Waals surface area contributed by atoms with E-state index in [-0.39, 0.29) is 23.2 Å². The number of benzene rings is 2. The number of anilines is 1. The lowest BCUT2D eigenvalue weighted by Crippen LogP contribution is -2.10. The molecule has 0 saturated carbocycles. The Morgan fingerprint density at radius 2 is 2.00 bits per heavy atom. The molecular formula is C13H12N2O5S. The van der Waals surface area contributed by atoms with Crippen molar-refractivity contribution < 1.29 is 20.8 Å². The number of hydrogen-bond donors (Lipinski definition) is 1. The van der Waals surface area contributed by atoms with E-state index in [2.05, 4.69) is 4.72 Å². The molecule has 0 aromatic heterocycles. The molecule has 0 spiro atoms. The standard InChI is InChI=1S/C13H12N2O5S/c1-21(18,19)14-12-8-7-10(15(16)17)9-13(12)20-11-5-3-2-4-6-11/h2-9,14H,1H3/i2D,7D. The van der Waals surface area contributed by atoms with Crippen LogP contribution in [0.4, 0.5) is 11.4 Å². The molecule has 0 aliphatic carbocycles. The molecule has 8 heteroatoms. The average Bonchev–Trinajstić information content (AvgIpc) is 2.42. The van der Waals surface area contributed by atoms with Crippen LogP contribution in [-0.4, -0.2) is 19.6 Å². The molecule has 0 amide bonds. The zero-order valence-corrected chi connectivity index (χ0v) is 11.7. The maximum atomic E-state index is 11.4. The second-order valence-electron chi connectivity index (χ2n) is 4.07. The van der Waals surface area contributed by atoms with Gasteiger partial charge in [0, 0.05) is 6.04 Å². The lowest BCUT2D eigenvalue weighted by atomic mass is 10.2. The van der Waals surface area contributed by atoms with E-state index in [0.717, 1.165) is 18.4 Å². The Morgan fingerprint density at radius 1 is 1.33 bits per heavy atom. The van der Waals surface area contributed by atoms with E-state index in [1.54, 1.807) is 0 Å². The van der Waals surface area contributed by atoms with Crippen molar-refractivity contribution in [2.45, 2.75) is 0 Å². The van der Waals surface area contributed by atoms with Crippen molar-refractivity contribution in [2.75, 3.05) is 11.0 Å². The van der Waals surface area contributed by atoms with Crippen molar-refractivity contribution in [3.05, 3.63) is 58.6 Å². The number of hydrogen-bond acceptors (Lipinski definition) is 5. The number of nitrogens with one attached hydrogen (secondary N) is 1. The summed E-state index contributed by atoms with van der Waals surface area (Å²) < 4.78 is 45.4. The van der Waals surface area contributed by atoms with E-state index in [4.69, 9.17) is 7.48 Å². The smallest absolute Gasteiger partial charge is 0.273 e. The Morgan fingerprint density at radius 3 is 2.57 bits per heavy atom. The third-order valence-corrected chi connectivity index (χ3v) is 2.90. The minimum atomic E-state index is -3.66. The number of rotatable bonds is 5. The molecule has 0 atom stereocenters. The Kier molecular flexibility index (Phi) is 3.35. The minimum absolute atomic E-state index is 0.0851. The molecule has 0 saturated heterocycles. The van der Waals surface area contributed by atoms with Gasteiger partial charge in [0.1, 0.15) is 5.75 Å². The maximum absolute atomic E-state index is 11.4. The highest BCUT2D eigenvalue weighted by molar-refractivity contribution is 7.92. The fourth-order valence-electron chi connectivity index (χ4n) is 1.50. The van der Waals surface area contributed by atoms with E-state index in [1.165, 1.54) is 24.3 Å². The van der Waals surface area contributed by atoms with Crippen LogP contribution < -0.4 is 9.46 Å². The summed E-state index contributed by atoms with van der Waals surface area (Å²) in [7, 11) is -3.66. The summed E-state index contributed by atoms with van der Waals surface area (Å²) >= 11 is 0. The van der Waals surface area contributed by atoms with Crippen molar-refractivity contribution in [3.8, 4) is 11.5 Å². The summed E-state index contributed by atoms with van der Waals surface area (Å²) in [6.07, 6.45) is 0.913. The number of para-hydroxylation sites is 1. The molecule has 7 nitrogen and oxygen atoms in total. The zero-order chi connectivity index (χ0) is 17.2. The van der Waals surface area contributed by atoms with Crippen molar-refractivity contribution in [1.82, 2.24) is 0 Å². The van der Waals surface area contributed by atoms with Crippen LogP contribution in [0.25, 0.3) is 0 Å². The van der Waals surface area contributed by atoms with Crippen LogP contribution in [0.3, 0.4) is 0 Å². The molecule has 0 radical (unpaired) electrons. The summed E-state index contributed by atoms with van der Waals surface area (Å²) in [5.41, 5.74) is -0.603. The molecule has 0 aliphatic heterocycles. The van der Waals surface area contributed by atoms with Gasteiger partial charge in [-0.3, -0.25) is 14.8 Å². The molecule has 110 valence electrons. The summed E-state index contributed by atoms with van der Waals surface area (Å²) in [6.45, 7) is 0. The van der Waals surface area contributed by atoms with Gasteiger partial charge in [-0.05, 0) is 18.2 Å². The van der Waals surface area contributed by atoms with Crippen LogP contribution in [0.1, 0.15) is 2.74 Å². The van der Waals surface area contributed by atoms with Gasteiger partial charge >= 0.3 is 0 Å². The van der Waals surface area contributed by atoms with Gasteiger partial charge in [-0.1, -0.05) is 18.2 Å². The molecule has 2 aromatic rings. The third-order valence-electron chi connectivity index (χ3n) is 2.31. The number of nitro benzene ring substituents is 1. The average molecular weight is 310 g/mol. The monoisotopic (exact) mass is 310 g/mol. The molecule has 2 rings (SSSR count). The summed E-state index contributed by atoms with van der Waals surface area (Å²) in [4.78, 5) is 10.2. The first-order valence-electron chi connectivity index (χ1n) is 6.67. The molecule has 0 aliphatic rings. The van der Waals surface area contributed by atoms with Gasteiger partial charge < -0.3 is 4.74 Å². The van der Waals surface area contributed by atoms with Gasteiger partial charge in [0.25, 0.3) is 5.69 Å². The lowest BCUT2D eigenvalue weighted by molar-refractivity contribution is -0.384. The van der Waals surface area contributed by atoms with E-state index >= 15 is 0 Å². The van der Waals surface area contributed by atoms with Gasteiger partial charge in [-0.2, -0.15) is 0 Å². The summed E-state index contributed by atoms with van der Waals surface area (Å²) in [5, 5.41) is 10.9. The summed E-state index contributed by atoms with van der Waals surface area (Å²) in [6, 6.07) is 7.62. The molecule has 0 unspecified atom stereocenters. The fraction of sp³-hybridized carbons (Fsp3) is 0.0769. The Bertz CT molecular complexity index is 853. The molecule has 0 heterocycles. The predicted octanol–water partition coefficient (Wildman–Crippen LogP) is 2.76. The molecular weight excluding hydrogens is 296 g/mol. The first kappa shape index (κ1) is 12.2. The molecule has 21 heavy (non-hydrogen) atoms. The highest BCUT2D eigenvalue weighted by Crippen LogP contribution is 2.33. The molecule has 1 N–H and O–H groups in total. The number of nitrogens with zero attached hydrogens (tertiary/aromatic N) is 1. The first-order chi connectivity index (χ1) is 10.7. The highest BCUT2D eigenvalue weighted by Gasteiger charge is 2.15. The molecule has 0 fully saturated rings. The van der Waals surface area contributed by atoms with Crippen LogP contribution in [0.15, 0.2) is 48.5 Å². The topological polar surface area (TPSA) is 98.5 Å². The molecule has 0 bridgehead atoms. The van der Waals surface area contributed by atoms with Crippen LogP contribution in [0.5, 0.6) is 11.5 Å². The van der Waals surface area contributed by atoms with Crippen molar-refractivity contribution >= 4 is 21.4 Å². The van der Waals surface area contributed by atoms with Crippen LogP contribution in [0, 0.1) is 10.1 Å². The highest BCUT2D eigenvalue weighted by atomic mass is 32.2. The maximum Gasteiger partial charge on any atom is 0.273 e. The quantitative estimate of drug-likeness (QED) is 0.676. The van der Waals surface area contributed by atoms with Gasteiger partial charge in [0.2, 0.25) is 10.0 Å². The van der Waals surface area contributed by atoms with Gasteiger partial charge in [0.15, 0.2) is 5.75 Å². The number of ether oxygens (including phenoxy) is 1. The van der Waals surface area contributed by atoms with Crippen molar-refractivity contribution in [1.29, 1.82) is 0 Å². The Labute approximate surface area is 124 Å². The number of sulfonamides is 1. The first-order valence-corrected chi connectivity index (χ1v) is 7.56. The fourth-order valence-corrected chi connectivity index (χ4v) is 2.06. The second kappa shape index (κ2) is 5.80. The molecule has 2 aromatic carbocycles. The van der Waals surface area contributed by atoms with Gasteiger partial charge in [-0.25, -0.2) is 8.42 Å². The van der Waals surface area contributed by atoms with Gasteiger partial charge in [-0.15, -0.1) is 0 Å². The van der Waals surface area contributed by atoms with Crippen LogP contribution in [-0.2, 0) is 10.0 Å². The largest absolute Gasteiger partial charge is 0.455 e. The summed E-state index contributed by atoms with van der Waals surface area (Å²) in [5.74, 6) is 0.153. The van der Waals surface area contributed by atoms with Crippen LogP contribution >= 0.6 is 0 Å². The Balaban J connectivity index is 2.50. The number of nitro groups is 1. The SMILES string of the molecule is [2H]c1ccc(Oc2cc([N+](=O)[O-])c([2H])cc2NS(C)(=O)=O)cc1. The van der Waals surface area contributed by atoms with Crippen molar-refractivity contribution in [3.63, 3.8) is 0 Å². The van der Waals surface area contributed by atoms with Crippen LogP contribution in [0.2, 0.25) is 0 Å². The van der Waals surface area contributed by atoms with Gasteiger partial charge in [0.05, 0.1) is 25.7 Å². The predicted molar refractivity (Wildman–Crippen MR) is 78.1 cm³/mol. The van der Waals surface area contributed by atoms with E-state index < -0.39 is 26.7 Å². The van der Waals surface area contributed by atoms with Crippen molar-refractivity contribution in [2.24, 2.45) is 0 Å².